The zero-order valence-electron chi connectivity index (χ0n) is 15.4. The molecule has 0 amide bonds. The Labute approximate surface area is 159 Å². The van der Waals surface area contributed by atoms with Crippen molar-refractivity contribution >= 4 is 21.4 Å². The minimum atomic E-state index is -3.32. The maximum absolute atomic E-state index is 12.6. The summed E-state index contributed by atoms with van der Waals surface area (Å²) in [5.41, 5.74) is 1.17. The summed E-state index contributed by atoms with van der Waals surface area (Å²) in [7, 11) is -1.59. The Morgan fingerprint density at radius 2 is 2.12 bits per heavy atom. The molecule has 1 aliphatic heterocycles. The third-order valence-electron chi connectivity index (χ3n) is 5.00. The van der Waals surface area contributed by atoms with Crippen molar-refractivity contribution in [3.63, 3.8) is 0 Å². The highest BCUT2D eigenvalue weighted by Gasteiger charge is 2.30. The number of aromatic nitrogens is 2. The molecule has 6 nitrogen and oxygen atoms in total. The lowest BCUT2D eigenvalue weighted by molar-refractivity contribution is 0.189. The van der Waals surface area contributed by atoms with E-state index in [4.69, 9.17) is 4.74 Å². The zero-order chi connectivity index (χ0) is 18.6. The Morgan fingerprint density at radius 3 is 2.77 bits per heavy atom. The van der Waals surface area contributed by atoms with Crippen LogP contribution in [0.5, 0.6) is 0 Å². The van der Waals surface area contributed by atoms with Gasteiger partial charge in [-0.1, -0.05) is 6.07 Å². The molecule has 26 heavy (non-hydrogen) atoms. The predicted molar refractivity (Wildman–Crippen MR) is 103 cm³/mol. The van der Waals surface area contributed by atoms with Gasteiger partial charge in [0.15, 0.2) is 0 Å². The molecule has 0 atom stereocenters. The first-order chi connectivity index (χ1) is 12.5. The van der Waals surface area contributed by atoms with E-state index in [1.165, 1.54) is 17.0 Å². The second kappa shape index (κ2) is 8.65. The SMILES string of the molecule is COCCCn1c(C)cnc1CC1CCN(S(=O)(=O)c2cccs2)CC1. The lowest BCUT2D eigenvalue weighted by Crippen LogP contribution is -2.38. The fourth-order valence-corrected chi connectivity index (χ4v) is 6.11. The summed E-state index contributed by atoms with van der Waals surface area (Å²) >= 11 is 1.29. The highest BCUT2D eigenvalue weighted by atomic mass is 32.2. The highest BCUT2D eigenvalue weighted by molar-refractivity contribution is 7.91. The van der Waals surface area contributed by atoms with Crippen LogP contribution in [0.2, 0.25) is 0 Å². The van der Waals surface area contributed by atoms with E-state index < -0.39 is 10.0 Å². The predicted octanol–water partition coefficient (Wildman–Crippen LogP) is 2.93. The van der Waals surface area contributed by atoms with E-state index in [2.05, 4.69) is 16.5 Å². The first kappa shape index (κ1) is 19.5. The smallest absolute Gasteiger partial charge is 0.252 e. The summed E-state index contributed by atoms with van der Waals surface area (Å²) in [6, 6.07) is 3.47. The van der Waals surface area contributed by atoms with Crippen LogP contribution in [0, 0.1) is 12.8 Å². The van der Waals surface area contributed by atoms with Crippen LogP contribution in [-0.4, -0.2) is 49.1 Å². The molecule has 3 heterocycles. The van der Waals surface area contributed by atoms with Gasteiger partial charge in [-0.05, 0) is 43.6 Å². The van der Waals surface area contributed by atoms with Crippen LogP contribution in [0.3, 0.4) is 0 Å². The summed E-state index contributed by atoms with van der Waals surface area (Å²) in [5.74, 6) is 1.59. The van der Waals surface area contributed by atoms with Crippen molar-refractivity contribution in [3.8, 4) is 0 Å². The fraction of sp³-hybridized carbons (Fsp3) is 0.611. The van der Waals surface area contributed by atoms with Gasteiger partial charge in [0.1, 0.15) is 10.0 Å². The molecule has 0 radical (unpaired) electrons. The second-order valence-corrected chi connectivity index (χ2v) is 9.91. The maximum atomic E-state index is 12.6. The fourth-order valence-electron chi connectivity index (χ4n) is 3.50. The molecule has 2 aromatic heterocycles. The summed E-state index contributed by atoms with van der Waals surface area (Å²) in [5, 5.41) is 1.81. The molecule has 0 unspecified atom stereocenters. The van der Waals surface area contributed by atoms with E-state index in [1.54, 1.807) is 23.5 Å². The van der Waals surface area contributed by atoms with Gasteiger partial charge in [-0.3, -0.25) is 0 Å². The quantitative estimate of drug-likeness (QED) is 0.643. The Morgan fingerprint density at radius 1 is 1.35 bits per heavy atom. The number of piperidine rings is 1. The van der Waals surface area contributed by atoms with Crippen molar-refractivity contribution in [1.82, 2.24) is 13.9 Å². The van der Waals surface area contributed by atoms with Crippen LogP contribution in [0.1, 0.15) is 30.8 Å². The van der Waals surface area contributed by atoms with Crippen LogP contribution in [0.25, 0.3) is 0 Å². The van der Waals surface area contributed by atoms with Gasteiger partial charge < -0.3 is 9.30 Å². The number of aryl methyl sites for hydroxylation is 1. The molecule has 1 aliphatic rings. The molecule has 0 aromatic carbocycles. The summed E-state index contributed by atoms with van der Waals surface area (Å²) in [6.07, 6.45) is 5.58. The molecule has 144 valence electrons. The Bertz CT molecular complexity index is 792. The molecule has 0 saturated carbocycles. The average molecular weight is 398 g/mol. The largest absolute Gasteiger partial charge is 0.385 e. The molecule has 8 heteroatoms. The van der Waals surface area contributed by atoms with Gasteiger partial charge >= 0.3 is 0 Å². The molecule has 0 bridgehead atoms. The normalized spacial score (nSPS) is 17.0. The summed E-state index contributed by atoms with van der Waals surface area (Å²) in [6.45, 7) is 4.93. The topological polar surface area (TPSA) is 64.4 Å². The molecule has 0 spiro atoms. The third kappa shape index (κ3) is 4.36. The minimum absolute atomic E-state index is 0.445. The van der Waals surface area contributed by atoms with E-state index in [-0.39, 0.29) is 0 Å². The molecule has 3 rings (SSSR count). The Balaban J connectivity index is 1.58. The average Bonchev–Trinajstić information content (AvgIpc) is 3.28. The first-order valence-corrected chi connectivity index (χ1v) is 11.4. The maximum Gasteiger partial charge on any atom is 0.252 e. The van der Waals surface area contributed by atoms with Crippen LogP contribution in [-0.2, 0) is 27.7 Å². The van der Waals surface area contributed by atoms with E-state index in [9.17, 15) is 8.42 Å². The van der Waals surface area contributed by atoms with Crippen molar-refractivity contribution in [1.29, 1.82) is 0 Å². The van der Waals surface area contributed by atoms with Gasteiger partial charge in [0, 0.05) is 51.7 Å². The molecule has 0 N–H and O–H groups in total. The second-order valence-electron chi connectivity index (χ2n) is 6.80. The highest BCUT2D eigenvalue weighted by Crippen LogP contribution is 2.28. The van der Waals surface area contributed by atoms with Crippen molar-refractivity contribution < 1.29 is 13.2 Å². The standard InChI is InChI=1S/C18H27N3O3S2/c1-15-14-19-17(21(15)8-4-11-24-2)13-16-6-9-20(10-7-16)26(22,23)18-5-3-12-25-18/h3,5,12,14,16H,4,6-11,13H2,1-2H3. The van der Waals surface area contributed by atoms with E-state index in [0.29, 0.717) is 23.2 Å². The number of thiophene rings is 1. The number of nitrogens with zero attached hydrogens (tertiary/aromatic N) is 3. The number of sulfonamides is 1. The Kier molecular flexibility index (Phi) is 6.50. The van der Waals surface area contributed by atoms with Gasteiger partial charge in [-0.15, -0.1) is 11.3 Å². The number of hydrogen-bond acceptors (Lipinski definition) is 5. The zero-order valence-corrected chi connectivity index (χ0v) is 17.1. The van der Waals surface area contributed by atoms with E-state index in [0.717, 1.165) is 44.7 Å². The Hall–Kier alpha value is -1.22. The molecule has 1 saturated heterocycles. The summed E-state index contributed by atoms with van der Waals surface area (Å²) in [4.78, 5) is 4.59. The van der Waals surface area contributed by atoms with E-state index >= 15 is 0 Å². The van der Waals surface area contributed by atoms with Crippen molar-refractivity contribution in [2.75, 3.05) is 26.8 Å². The minimum Gasteiger partial charge on any atom is -0.385 e. The molecular formula is C18H27N3O3S2. The van der Waals surface area contributed by atoms with Crippen LogP contribution >= 0.6 is 11.3 Å². The van der Waals surface area contributed by atoms with Crippen molar-refractivity contribution in [3.05, 3.63) is 35.2 Å². The lowest BCUT2D eigenvalue weighted by atomic mass is 9.94. The number of methoxy groups -OCH3 is 1. The monoisotopic (exact) mass is 397 g/mol. The van der Waals surface area contributed by atoms with E-state index in [1.807, 2.05) is 11.6 Å². The lowest BCUT2D eigenvalue weighted by Gasteiger charge is -2.30. The van der Waals surface area contributed by atoms with Gasteiger partial charge in [0.05, 0.1) is 0 Å². The van der Waals surface area contributed by atoms with Crippen molar-refractivity contribution in [2.24, 2.45) is 5.92 Å². The molecule has 0 aliphatic carbocycles. The third-order valence-corrected chi connectivity index (χ3v) is 8.27. The van der Waals surface area contributed by atoms with Gasteiger partial charge in [-0.2, -0.15) is 4.31 Å². The number of rotatable bonds is 8. The number of hydrogen-bond donors (Lipinski definition) is 0. The molecule has 2 aromatic rings. The van der Waals surface area contributed by atoms with Crippen LogP contribution in [0.15, 0.2) is 27.9 Å². The summed E-state index contributed by atoms with van der Waals surface area (Å²) < 4.78 is 34.7. The van der Waals surface area contributed by atoms with Gasteiger partial charge in [-0.25, -0.2) is 13.4 Å². The van der Waals surface area contributed by atoms with Crippen LogP contribution < -0.4 is 0 Å². The first-order valence-electron chi connectivity index (χ1n) is 9.06. The van der Waals surface area contributed by atoms with Gasteiger partial charge in [0.25, 0.3) is 10.0 Å². The van der Waals surface area contributed by atoms with Crippen molar-refractivity contribution in [2.45, 2.75) is 43.4 Å². The number of imidazole rings is 1. The number of ether oxygens (including phenoxy) is 1. The van der Waals surface area contributed by atoms with Gasteiger partial charge in [0.2, 0.25) is 0 Å². The molecular weight excluding hydrogens is 370 g/mol. The van der Waals surface area contributed by atoms with Crippen LogP contribution in [0.4, 0.5) is 0 Å². The molecule has 1 fully saturated rings.